The first-order chi connectivity index (χ1) is 14.0. The van der Waals surface area contributed by atoms with Crippen molar-refractivity contribution >= 4 is 45.6 Å². The smallest absolute Gasteiger partial charge is 0.293 e. The second kappa shape index (κ2) is 8.29. The lowest BCUT2D eigenvalue weighted by Gasteiger charge is -2.01. The number of carbonyl (C=O) groups is 1. The second-order valence-corrected chi connectivity index (χ2v) is 7.69. The molecule has 4 aromatic rings. The number of amides is 1. The van der Waals surface area contributed by atoms with Crippen LogP contribution in [0.25, 0.3) is 22.6 Å². The average molecular weight is 445 g/mol. The summed E-state index contributed by atoms with van der Waals surface area (Å²) in [6, 6.07) is 16.0. The van der Waals surface area contributed by atoms with Crippen LogP contribution in [0, 0.1) is 0 Å². The van der Waals surface area contributed by atoms with Crippen molar-refractivity contribution in [2.75, 3.05) is 12.4 Å². The molecule has 4 rings (SSSR count). The molecule has 0 aliphatic rings. The number of furan rings is 1. The first-order valence-electron chi connectivity index (χ1n) is 8.50. The molecule has 1 N–H and O–H groups in total. The maximum Gasteiger partial charge on any atom is 0.293 e. The van der Waals surface area contributed by atoms with Crippen LogP contribution in [0.3, 0.4) is 0 Å². The number of benzene rings is 2. The van der Waals surface area contributed by atoms with E-state index in [0.717, 1.165) is 22.6 Å². The highest BCUT2D eigenvalue weighted by atomic mass is 35.5. The first-order valence-corrected chi connectivity index (χ1v) is 10.1. The van der Waals surface area contributed by atoms with Gasteiger partial charge in [-0.05, 0) is 54.6 Å². The van der Waals surface area contributed by atoms with Gasteiger partial charge in [-0.15, -0.1) is 11.3 Å². The molecule has 0 aliphatic heterocycles. The van der Waals surface area contributed by atoms with Gasteiger partial charge in [0, 0.05) is 16.5 Å². The summed E-state index contributed by atoms with van der Waals surface area (Å²) in [5.41, 5.74) is 2.43. The van der Waals surface area contributed by atoms with Crippen LogP contribution < -0.4 is 10.1 Å². The highest BCUT2D eigenvalue weighted by Crippen LogP contribution is 2.30. The van der Waals surface area contributed by atoms with Crippen LogP contribution >= 0.6 is 34.5 Å². The predicted octanol–water partition coefficient (Wildman–Crippen LogP) is 6.64. The topological polar surface area (TPSA) is 64.4 Å². The molecule has 0 aliphatic carbocycles. The number of thiazole rings is 1. The van der Waals surface area contributed by atoms with Crippen molar-refractivity contribution < 1.29 is 13.9 Å². The number of halogens is 2. The van der Waals surface area contributed by atoms with E-state index in [-0.39, 0.29) is 11.7 Å². The number of aromatic nitrogens is 1. The Labute approximate surface area is 180 Å². The molecule has 0 unspecified atom stereocenters. The van der Waals surface area contributed by atoms with Crippen molar-refractivity contribution in [1.29, 1.82) is 0 Å². The highest BCUT2D eigenvalue weighted by Gasteiger charge is 2.15. The fourth-order valence-corrected chi connectivity index (χ4v) is 3.66. The fourth-order valence-electron chi connectivity index (χ4n) is 2.65. The molecule has 2 heterocycles. The van der Waals surface area contributed by atoms with E-state index >= 15 is 0 Å². The Hall–Kier alpha value is -2.80. The third-order valence-electron chi connectivity index (χ3n) is 4.14. The van der Waals surface area contributed by atoms with Gasteiger partial charge in [-0.25, -0.2) is 4.98 Å². The van der Waals surface area contributed by atoms with Gasteiger partial charge in [-0.1, -0.05) is 23.2 Å². The molecular weight excluding hydrogens is 431 g/mol. The SMILES string of the molecule is COc1ccc(-c2csc(NC(=O)c3ccc(-c4ccc(Cl)c(Cl)c4)o3)n2)cc1. The molecular formula is C21H14Cl2N2O3S. The molecule has 2 aromatic heterocycles. The van der Waals surface area contributed by atoms with Gasteiger partial charge in [0.2, 0.25) is 0 Å². The Morgan fingerprint density at radius 1 is 1.03 bits per heavy atom. The molecule has 0 fully saturated rings. The summed E-state index contributed by atoms with van der Waals surface area (Å²) < 4.78 is 10.8. The van der Waals surface area contributed by atoms with E-state index in [1.54, 1.807) is 37.4 Å². The summed E-state index contributed by atoms with van der Waals surface area (Å²) >= 11 is 13.3. The number of anilines is 1. The van der Waals surface area contributed by atoms with Crippen LogP contribution in [-0.4, -0.2) is 18.0 Å². The number of nitrogens with zero attached hydrogens (tertiary/aromatic N) is 1. The Kier molecular flexibility index (Phi) is 5.58. The van der Waals surface area contributed by atoms with Crippen molar-refractivity contribution in [3.63, 3.8) is 0 Å². The van der Waals surface area contributed by atoms with Gasteiger partial charge in [0.15, 0.2) is 10.9 Å². The Bertz CT molecular complexity index is 1170. The molecule has 0 atom stereocenters. The number of carbonyl (C=O) groups excluding carboxylic acids is 1. The summed E-state index contributed by atoms with van der Waals surface area (Å²) in [5, 5.41) is 5.99. The second-order valence-electron chi connectivity index (χ2n) is 6.01. The van der Waals surface area contributed by atoms with E-state index in [2.05, 4.69) is 10.3 Å². The quantitative estimate of drug-likeness (QED) is 0.374. The van der Waals surface area contributed by atoms with E-state index in [1.165, 1.54) is 11.3 Å². The molecule has 1 amide bonds. The summed E-state index contributed by atoms with van der Waals surface area (Å²) in [6.07, 6.45) is 0. The summed E-state index contributed by atoms with van der Waals surface area (Å²) in [6.45, 7) is 0. The monoisotopic (exact) mass is 444 g/mol. The van der Waals surface area contributed by atoms with Gasteiger partial charge in [0.1, 0.15) is 11.5 Å². The standard InChI is InChI=1S/C21H14Cl2N2O3S/c1-27-14-5-2-12(3-6-14)17-11-29-21(24-17)25-20(26)19-9-8-18(28-19)13-4-7-15(22)16(23)10-13/h2-11H,1H3,(H,24,25,26). The number of ether oxygens (including phenoxy) is 1. The number of hydrogen-bond donors (Lipinski definition) is 1. The van der Waals surface area contributed by atoms with Gasteiger partial charge in [-0.2, -0.15) is 0 Å². The van der Waals surface area contributed by atoms with Crippen LogP contribution in [0.15, 0.2) is 64.4 Å². The highest BCUT2D eigenvalue weighted by molar-refractivity contribution is 7.14. The van der Waals surface area contributed by atoms with E-state index < -0.39 is 0 Å². The van der Waals surface area contributed by atoms with Crippen LogP contribution in [0.4, 0.5) is 5.13 Å². The lowest BCUT2D eigenvalue weighted by Crippen LogP contribution is -2.10. The minimum absolute atomic E-state index is 0.173. The van der Waals surface area contributed by atoms with Gasteiger partial charge < -0.3 is 9.15 Å². The molecule has 29 heavy (non-hydrogen) atoms. The van der Waals surface area contributed by atoms with Gasteiger partial charge in [0.05, 0.1) is 22.8 Å². The zero-order valence-electron chi connectivity index (χ0n) is 15.1. The van der Waals surface area contributed by atoms with Crippen LogP contribution in [0.1, 0.15) is 10.6 Å². The van der Waals surface area contributed by atoms with Crippen LogP contribution in [0.2, 0.25) is 10.0 Å². The molecule has 0 spiro atoms. The zero-order chi connectivity index (χ0) is 20.4. The lowest BCUT2D eigenvalue weighted by atomic mass is 10.2. The molecule has 2 aromatic carbocycles. The number of methoxy groups -OCH3 is 1. The fraction of sp³-hybridized carbons (Fsp3) is 0.0476. The molecule has 0 bridgehead atoms. The first kappa shape index (κ1) is 19.5. The lowest BCUT2D eigenvalue weighted by molar-refractivity contribution is 0.0997. The van der Waals surface area contributed by atoms with Crippen LogP contribution in [-0.2, 0) is 0 Å². The van der Waals surface area contributed by atoms with Crippen molar-refractivity contribution in [3.05, 3.63) is 75.8 Å². The summed E-state index contributed by atoms with van der Waals surface area (Å²) in [7, 11) is 1.62. The van der Waals surface area contributed by atoms with E-state index in [9.17, 15) is 4.79 Å². The number of hydrogen-bond acceptors (Lipinski definition) is 5. The molecule has 146 valence electrons. The number of nitrogens with one attached hydrogen (secondary N) is 1. The van der Waals surface area contributed by atoms with E-state index in [0.29, 0.717) is 20.9 Å². The third kappa shape index (κ3) is 4.29. The normalized spacial score (nSPS) is 10.7. The van der Waals surface area contributed by atoms with Gasteiger partial charge in [-0.3, -0.25) is 10.1 Å². The maximum atomic E-state index is 12.5. The minimum atomic E-state index is -0.382. The summed E-state index contributed by atoms with van der Waals surface area (Å²) in [5.74, 6) is 1.08. The van der Waals surface area contributed by atoms with E-state index in [4.69, 9.17) is 32.4 Å². The molecule has 0 radical (unpaired) electrons. The Morgan fingerprint density at radius 2 is 1.79 bits per heavy atom. The van der Waals surface area contributed by atoms with Gasteiger partial charge >= 0.3 is 0 Å². The van der Waals surface area contributed by atoms with Crippen molar-refractivity contribution in [1.82, 2.24) is 4.98 Å². The predicted molar refractivity (Wildman–Crippen MR) is 116 cm³/mol. The summed E-state index contributed by atoms with van der Waals surface area (Å²) in [4.78, 5) is 17.0. The molecule has 0 saturated heterocycles. The Morgan fingerprint density at radius 3 is 2.52 bits per heavy atom. The Balaban J connectivity index is 1.48. The van der Waals surface area contributed by atoms with E-state index in [1.807, 2.05) is 29.6 Å². The minimum Gasteiger partial charge on any atom is -0.497 e. The zero-order valence-corrected chi connectivity index (χ0v) is 17.4. The maximum absolute atomic E-state index is 12.5. The molecule has 8 heteroatoms. The van der Waals surface area contributed by atoms with Crippen molar-refractivity contribution in [2.24, 2.45) is 0 Å². The van der Waals surface area contributed by atoms with Gasteiger partial charge in [0.25, 0.3) is 5.91 Å². The molecule has 5 nitrogen and oxygen atoms in total. The molecule has 0 saturated carbocycles. The third-order valence-corrected chi connectivity index (χ3v) is 5.64. The van der Waals surface area contributed by atoms with Crippen molar-refractivity contribution in [2.45, 2.75) is 0 Å². The van der Waals surface area contributed by atoms with Crippen molar-refractivity contribution in [3.8, 4) is 28.3 Å². The average Bonchev–Trinajstić information content (AvgIpc) is 3.40. The van der Waals surface area contributed by atoms with Crippen LogP contribution in [0.5, 0.6) is 5.75 Å². The largest absolute Gasteiger partial charge is 0.497 e. The number of rotatable bonds is 5.